The predicted octanol–water partition coefficient (Wildman–Crippen LogP) is 2.88. The monoisotopic (exact) mass is 300 g/mol. The summed E-state index contributed by atoms with van der Waals surface area (Å²) >= 11 is 5.96. The molecule has 3 N–H and O–H groups in total. The molecule has 6 heteroatoms. The number of nitrogens with one attached hydrogen (secondary N) is 2. The molecule has 1 atom stereocenters. The number of urea groups is 1. The number of carbonyl (C=O) groups is 1. The van der Waals surface area contributed by atoms with E-state index in [0.717, 1.165) is 0 Å². The molecule has 0 fully saturated rings. The van der Waals surface area contributed by atoms with Gasteiger partial charge in [-0.25, -0.2) is 4.79 Å². The molecule has 0 aliphatic rings. The van der Waals surface area contributed by atoms with Crippen molar-refractivity contribution in [3.05, 3.63) is 23.2 Å². The average Bonchev–Trinajstić information content (AvgIpc) is 2.35. The fourth-order valence-corrected chi connectivity index (χ4v) is 1.67. The minimum atomic E-state index is -0.618. The Morgan fingerprint density at radius 3 is 2.60 bits per heavy atom. The topological polar surface area (TPSA) is 70.6 Å². The summed E-state index contributed by atoms with van der Waals surface area (Å²) in [6.45, 7) is 5.89. The number of hydrogen-bond donors (Lipinski definition) is 3. The summed E-state index contributed by atoms with van der Waals surface area (Å²) in [5.41, 5.74) is 0.273. The summed E-state index contributed by atoms with van der Waals surface area (Å²) in [6, 6.07) is 4.56. The molecule has 1 aromatic carbocycles. The standard InChI is InChI=1S/C14H21ClN2O3/c1-14(2,3)12(18)8-16-13(19)17-9-5-6-11(20-4)10(15)7-9/h5-7,12,18H,8H2,1-4H3,(H2,16,17,19). The molecule has 0 bridgehead atoms. The highest BCUT2D eigenvalue weighted by molar-refractivity contribution is 6.32. The molecule has 0 radical (unpaired) electrons. The number of ether oxygens (including phenoxy) is 1. The zero-order valence-electron chi connectivity index (χ0n) is 12.2. The van der Waals surface area contributed by atoms with Gasteiger partial charge in [0.15, 0.2) is 0 Å². The molecular formula is C14H21ClN2O3. The molecule has 0 aliphatic heterocycles. The fourth-order valence-electron chi connectivity index (χ4n) is 1.41. The highest BCUT2D eigenvalue weighted by Gasteiger charge is 2.22. The van der Waals surface area contributed by atoms with Crippen LogP contribution in [0.25, 0.3) is 0 Å². The Hall–Kier alpha value is -1.46. The number of methoxy groups -OCH3 is 1. The molecule has 0 aromatic heterocycles. The highest BCUT2D eigenvalue weighted by Crippen LogP contribution is 2.27. The van der Waals surface area contributed by atoms with E-state index in [1.807, 2.05) is 20.8 Å². The molecule has 5 nitrogen and oxygen atoms in total. The van der Waals surface area contributed by atoms with Crippen molar-refractivity contribution in [1.29, 1.82) is 0 Å². The maximum Gasteiger partial charge on any atom is 0.319 e. The van der Waals surface area contributed by atoms with Gasteiger partial charge in [0.1, 0.15) is 5.75 Å². The van der Waals surface area contributed by atoms with Gasteiger partial charge in [0.25, 0.3) is 0 Å². The lowest BCUT2D eigenvalue weighted by molar-refractivity contribution is 0.0654. The van der Waals surface area contributed by atoms with Crippen molar-refractivity contribution in [2.24, 2.45) is 5.41 Å². The third-order valence-electron chi connectivity index (χ3n) is 2.87. The Labute approximate surface area is 124 Å². The molecule has 0 aliphatic carbocycles. The van der Waals surface area contributed by atoms with E-state index in [0.29, 0.717) is 16.5 Å². The predicted molar refractivity (Wildman–Crippen MR) is 80.5 cm³/mol. The van der Waals surface area contributed by atoms with Gasteiger partial charge in [-0.05, 0) is 23.6 Å². The lowest BCUT2D eigenvalue weighted by Gasteiger charge is -2.25. The molecule has 0 saturated carbocycles. The highest BCUT2D eigenvalue weighted by atomic mass is 35.5. The van der Waals surface area contributed by atoms with Gasteiger partial charge in [-0.15, -0.1) is 0 Å². The Morgan fingerprint density at radius 1 is 1.45 bits per heavy atom. The number of aliphatic hydroxyl groups excluding tert-OH is 1. The quantitative estimate of drug-likeness (QED) is 0.801. The van der Waals surface area contributed by atoms with Crippen LogP contribution in [0, 0.1) is 5.41 Å². The SMILES string of the molecule is COc1ccc(NC(=O)NCC(O)C(C)(C)C)cc1Cl. The van der Waals surface area contributed by atoms with Crippen LogP contribution < -0.4 is 15.4 Å². The van der Waals surface area contributed by atoms with Crippen LogP contribution in [0.3, 0.4) is 0 Å². The van der Waals surface area contributed by atoms with Crippen molar-refractivity contribution in [1.82, 2.24) is 5.32 Å². The lowest BCUT2D eigenvalue weighted by atomic mass is 9.89. The summed E-state index contributed by atoms with van der Waals surface area (Å²) in [5.74, 6) is 0.542. The molecule has 0 heterocycles. The fraction of sp³-hybridized carbons (Fsp3) is 0.500. The first-order chi connectivity index (χ1) is 9.24. The first kappa shape index (κ1) is 16.6. The number of anilines is 1. The molecule has 1 unspecified atom stereocenters. The van der Waals surface area contributed by atoms with Crippen LogP contribution in [0.4, 0.5) is 10.5 Å². The van der Waals surface area contributed by atoms with E-state index in [9.17, 15) is 9.90 Å². The van der Waals surface area contributed by atoms with Gasteiger partial charge < -0.3 is 20.5 Å². The molecule has 1 rings (SSSR count). The maximum absolute atomic E-state index is 11.7. The van der Waals surface area contributed by atoms with Crippen molar-refractivity contribution < 1.29 is 14.6 Å². The Morgan fingerprint density at radius 2 is 2.10 bits per heavy atom. The largest absolute Gasteiger partial charge is 0.495 e. The normalized spacial score (nSPS) is 12.7. The number of benzene rings is 1. The summed E-state index contributed by atoms with van der Waals surface area (Å²) in [5, 5.41) is 15.5. The third kappa shape index (κ3) is 4.90. The first-order valence-electron chi connectivity index (χ1n) is 6.30. The molecule has 2 amide bonds. The van der Waals surface area contributed by atoms with Crippen LogP contribution in [0.1, 0.15) is 20.8 Å². The van der Waals surface area contributed by atoms with E-state index in [4.69, 9.17) is 16.3 Å². The average molecular weight is 301 g/mol. The van der Waals surface area contributed by atoms with Crippen LogP contribution in [-0.2, 0) is 0 Å². The van der Waals surface area contributed by atoms with E-state index in [2.05, 4.69) is 10.6 Å². The second-order valence-electron chi connectivity index (χ2n) is 5.57. The molecular weight excluding hydrogens is 280 g/mol. The van der Waals surface area contributed by atoms with Crippen molar-refractivity contribution >= 4 is 23.3 Å². The number of amides is 2. The molecule has 1 aromatic rings. The van der Waals surface area contributed by atoms with Crippen LogP contribution in [0.15, 0.2) is 18.2 Å². The second-order valence-corrected chi connectivity index (χ2v) is 5.97. The number of carbonyl (C=O) groups excluding carboxylic acids is 1. The second kappa shape index (κ2) is 6.81. The third-order valence-corrected chi connectivity index (χ3v) is 3.16. The van der Waals surface area contributed by atoms with Gasteiger partial charge in [0.2, 0.25) is 0 Å². The van der Waals surface area contributed by atoms with Gasteiger partial charge in [-0.1, -0.05) is 32.4 Å². The first-order valence-corrected chi connectivity index (χ1v) is 6.68. The number of hydrogen-bond acceptors (Lipinski definition) is 3. The number of aliphatic hydroxyl groups is 1. The maximum atomic E-state index is 11.7. The molecule has 20 heavy (non-hydrogen) atoms. The van der Waals surface area contributed by atoms with Crippen LogP contribution in [-0.4, -0.2) is 30.9 Å². The van der Waals surface area contributed by atoms with Crippen LogP contribution in [0.2, 0.25) is 5.02 Å². The van der Waals surface area contributed by atoms with Crippen molar-refractivity contribution in [2.75, 3.05) is 19.0 Å². The zero-order valence-corrected chi connectivity index (χ0v) is 12.9. The molecule has 0 spiro atoms. The summed E-state index contributed by atoms with van der Waals surface area (Å²) < 4.78 is 5.03. The van der Waals surface area contributed by atoms with Gasteiger partial charge in [0, 0.05) is 12.2 Å². The Kier molecular flexibility index (Phi) is 5.65. The number of rotatable bonds is 4. The zero-order chi connectivity index (χ0) is 15.3. The van der Waals surface area contributed by atoms with E-state index in [1.54, 1.807) is 18.2 Å². The van der Waals surface area contributed by atoms with Crippen molar-refractivity contribution in [3.63, 3.8) is 0 Å². The summed E-state index contributed by atoms with van der Waals surface area (Å²) in [4.78, 5) is 11.7. The van der Waals surface area contributed by atoms with Crippen LogP contribution in [0.5, 0.6) is 5.75 Å². The molecule has 112 valence electrons. The molecule has 0 saturated heterocycles. The van der Waals surface area contributed by atoms with E-state index in [-0.39, 0.29) is 12.0 Å². The van der Waals surface area contributed by atoms with Gasteiger partial charge in [-0.2, -0.15) is 0 Å². The van der Waals surface area contributed by atoms with Gasteiger partial charge >= 0.3 is 6.03 Å². The van der Waals surface area contributed by atoms with Crippen molar-refractivity contribution in [3.8, 4) is 5.75 Å². The van der Waals surface area contributed by atoms with Crippen LogP contribution >= 0.6 is 11.6 Å². The summed E-state index contributed by atoms with van der Waals surface area (Å²) in [6.07, 6.45) is -0.618. The summed E-state index contributed by atoms with van der Waals surface area (Å²) in [7, 11) is 1.52. The van der Waals surface area contributed by atoms with Crippen molar-refractivity contribution in [2.45, 2.75) is 26.9 Å². The minimum Gasteiger partial charge on any atom is -0.495 e. The smallest absolute Gasteiger partial charge is 0.319 e. The Bertz CT molecular complexity index is 472. The van der Waals surface area contributed by atoms with E-state index < -0.39 is 12.1 Å². The number of halogens is 1. The minimum absolute atomic E-state index is 0.180. The van der Waals surface area contributed by atoms with Gasteiger partial charge in [-0.3, -0.25) is 0 Å². The van der Waals surface area contributed by atoms with E-state index in [1.165, 1.54) is 7.11 Å². The Balaban J connectivity index is 2.53. The van der Waals surface area contributed by atoms with E-state index >= 15 is 0 Å². The van der Waals surface area contributed by atoms with Gasteiger partial charge in [0.05, 0.1) is 18.2 Å². The lowest BCUT2D eigenvalue weighted by Crippen LogP contribution is -2.40.